The molecule has 1 aromatic heterocycles. The molecule has 6 heteroatoms. The summed E-state index contributed by atoms with van der Waals surface area (Å²) in [6.07, 6.45) is 0. The van der Waals surface area contributed by atoms with Crippen molar-refractivity contribution in [3.63, 3.8) is 0 Å². The van der Waals surface area contributed by atoms with E-state index >= 15 is 0 Å². The standard InChI is InChI=1S/C11H7BrFNO3/c1-16-11(15)9-5-10(17-14-9)6-2-3-7(12)8(13)4-6/h2-5H,1H3. The van der Waals surface area contributed by atoms with Crippen molar-refractivity contribution in [1.29, 1.82) is 0 Å². The summed E-state index contributed by atoms with van der Waals surface area (Å²) in [5, 5.41) is 3.53. The molecule has 1 heterocycles. The number of carbonyl (C=O) groups excluding carboxylic acids is 1. The first kappa shape index (κ1) is 11.8. The number of carbonyl (C=O) groups is 1. The lowest BCUT2D eigenvalue weighted by Crippen LogP contribution is -2.00. The number of methoxy groups -OCH3 is 1. The van der Waals surface area contributed by atoms with Crippen molar-refractivity contribution in [2.24, 2.45) is 0 Å². The maximum absolute atomic E-state index is 13.3. The molecule has 0 saturated carbocycles. The van der Waals surface area contributed by atoms with Crippen molar-refractivity contribution in [1.82, 2.24) is 5.16 Å². The van der Waals surface area contributed by atoms with Crippen LogP contribution in [-0.2, 0) is 4.74 Å². The highest BCUT2D eigenvalue weighted by Gasteiger charge is 2.14. The fourth-order valence-electron chi connectivity index (χ4n) is 1.26. The fraction of sp³-hybridized carbons (Fsp3) is 0.0909. The highest BCUT2D eigenvalue weighted by atomic mass is 79.9. The second-order valence-electron chi connectivity index (χ2n) is 3.20. The summed E-state index contributed by atoms with van der Waals surface area (Å²) in [5.41, 5.74) is 0.541. The minimum absolute atomic E-state index is 0.0471. The molecule has 0 saturated heterocycles. The monoisotopic (exact) mass is 299 g/mol. The van der Waals surface area contributed by atoms with Gasteiger partial charge in [0.2, 0.25) is 0 Å². The average molecular weight is 300 g/mol. The van der Waals surface area contributed by atoms with Gasteiger partial charge in [-0.05, 0) is 34.1 Å². The molecule has 88 valence electrons. The van der Waals surface area contributed by atoms with E-state index in [4.69, 9.17) is 4.52 Å². The molecular formula is C11H7BrFNO3. The second-order valence-corrected chi connectivity index (χ2v) is 4.05. The van der Waals surface area contributed by atoms with Crippen molar-refractivity contribution < 1.29 is 18.4 Å². The van der Waals surface area contributed by atoms with E-state index in [9.17, 15) is 9.18 Å². The predicted molar refractivity (Wildman–Crippen MR) is 60.9 cm³/mol. The summed E-state index contributed by atoms with van der Waals surface area (Å²) in [7, 11) is 1.25. The number of halogens is 2. The number of rotatable bonds is 2. The SMILES string of the molecule is COC(=O)c1cc(-c2ccc(Br)c(F)c2)on1. The summed E-state index contributed by atoms with van der Waals surface area (Å²) in [5.74, 6) is -0.715. The van der Waals surface area contributed by atoms with Gasteiger partial charge in [-0.25, -0.2) is 9.18 Å². The van der Waals surface area contributed by atoms with Crippen molar-refractivity contribution in [3.8, 4) is 11.3 Å². The first-order valence-corrected chi connectivity index (χ1v) is 5.41. The molecule has 0 amide bonds. The van der Waals surface area contributed by atoms with Gasteiger partial charge in [-0.3, -0.25) is 0 Å². The zero-order chi connectivity index (χ0) is 12.4. The summed E-state index contributed by atoms with van der Waals surface area (Å²) >= 11 is 3.05. The van der Waals surface area contributed by atoms with Crippen molar-refractivity contribution in [2.45, 2.75) is 0 Å². The van der Waals surface area contributed by atoms with Crippen LogP contribution < -0.4 is 0 Å². The zero-order valence-corrected chi connectivity index (χ0v) is 10.3. The lowest BCUT2D eigenvalue weighted by Gasteiger charge is -1.97. The third kappa shape index (κ3) is 2.36. The van der Waals surface area contributed by atoms with E-state index in [2.05, 4.69) is 25.8 Å². The summed E-state index contributed by atoms with van der Waals surface area (Å²) < 4.78 is 23.1. The molecule has 4 nitrogen and oxygen atoms in total. The van der Waals surface area contributed by atoms with Crippen LogP contribution in [0, 0.1) is 5.82 Å². The molecule has 0 radical (unpaired) electrons. The van der Waals surface area contributed by atoms with Gasteiger partial charge in [-0.2, -0.15) is 0 Å². The molecule has 0 atom stereocenters. The predicted octanol–water partition coefficient (Wildman–Crippen LogP) is 3.03. The smallest absolute Gasteiger partial charge is 0.360 e. The van der Waals surface area contributed by atoms with E-state index in [1.807, 2.05) is 0 Å². The molecular weight excluding hydrogens is 293 g/mol. The first-order valence-electron chi connectivity index (χ1n) is 4.62. The molecule has 0 aliphatic rings. The first-order chi connectivity index (χ1) is 8.11. The van der Waals surface area contributed by atoms with Crippen LogP contribution in [0.4, 0.5) is 4.39 Å². The molecule has 0 spiro atoms. The lowest BCUT2D eigenvalue weighted by atomic mass is 10.1. The van der Waals surface area contributed by atoms with Crippen LogP contribution in [0.25, 0.3) is 11.3 Å². The third-order valence-electron chi connectivity index (χ3n) is 2.11. The van der Waals surface area contributed by atoms with Crippen LogP contribution in [0.1, 0.15) is 10.5 Å². The van der Waals surface area contributed by atoms with E-state index in [1.54, 1.807) is 12.1 Å². The Hall–Kier alpha value is -1.69. The number of esters is 1. The van der Waals surface area contributed by atoms with Gasteiger partial charge in [0.15, 0.2) is 11.5 Å². The fourth-order valence-corrected chi connectivity index (χ4v) is 1.51. The van der Waals surface area contributed by atoms with Crippen LogP contribution in [0.15, 0.2) is 33.3 Å². The Balaban J connectivity index is 2.37. The minimum atomic E-state index is -0.599. The molecule has 0 aliphatic heterocycles. The average Bonchev–Trinajstić information content (AvgIpc) is 2.81. The highest BCUT2D eigenvalue weighted by Crippen LogP contribution is 2.25. The van der Waals surface area contributed by atoms with Crippen LogP contribution in [0.2, 0.25) is 0 Å². The number of benzene rings is 1. The molecule has 2 rings (SSSR count). The van der Waals surface area contributed by atoms with Crippen molar-refractivity contribution >= 4 is 21.9 Å². The van der Waals surface area contributed by atoms with E-state index in [0.29, 0.717) is 15.8 Å². The molecule has 0 N–H and O–H groups in total. The number of nitrogens with zero attached hydrogens (tertiary/aromatic N) is 1. The van der Waals surface area contributed by atoms with E-state index in [1.165, 1.54) is 19.2 Å². The van der Waals surface area contributed by atoms with Crippen LogP contribution in [0.3, 0.4) is 0 Å². The van der Waals surface area contributed by atoms with Crippen LogP contribution >= 0.6 is 15.9 Å². The van der Waals surface area contributed by atoms with Crippen molar-refractivity contribution in [2.75, 3.05) is 7.11 Å². The molecule has 0 unspecified atom stereocenters. The Morgan fingerprint density at radius 3 is 2.88 bits per heavy atom. The largest absolute Gasteiger partial charge is 0.464 e. The summed E-state index contributed by atoms with van der Waals surface area (Å²) in [6, 6.07) is 5.87. The molecule has 17 heavy (non-hydrogen) atoms. The minimum Gasteiger partial charge on any atom is -0.464 e. The maximum atomic E-state index is 13.3. The van der Waals surface area contributed by atoms with Crippen molar-refractivity contribution in [3.05, 3.63) is 40.2 Å². The number of ether oxygens (including phenoxy) is 1. The Morgan fingerprint density at radius 1 is 1.47 bits per heavy atom. The Bertz CT molecular complexity index is 568. The highest BCUT2D eigenvalue weighted by molar-refractivity contribution is 9.10. The molecule has 0 fully saturated rings. The van der Waals surface area contributed by atoms with Gasteiger partial charge in [0, 0.05) is 11.6 Å². The van der Waals surface area contributed by atoms with Crippen LogP contribution in [-0.4, -0.2) is 18.2 Å². The summed E-state index contributed by atoms with van der Waals surface area (Å²) in [6.45, 7) is 0. The van der Waals surface area contributed by atoms with Gasteiger partial charge in [-0.1, -0.05) is 5.16 Å². The number of hydrogen-bond donors (Lipinski definition) is 0. The molecule has 0 bridgehead atoms. The third-order valence-corrected chi connectivity index (χ3v) is 2.75. The maximum Gasteiger partial charge on any atom is 0.360 e. The van der Waals surface area contributed by atoms with E-state index < -0.39 is 11.8 Å². The normalized spacial score (nSPS) is 10.3. The van der Waals surface area contributed by atoms with E-state index in [0.717, 1.165) is 0 Å². The topological polar surface area (TPSA) is 52.3 Å². The van der Waals surface area contributed by atoms with E-state index in [-0.39, 0.29) is 5.69 Å². The Morgan fingerprint density at radius 2 is 2.24 bits per heavy atom. The lowest BCUT2D eigenvalue weighted by molar-refractivity contribution is 0.0589. The van der Waals surface area contributed by atoms with Gasteiger partial charge < -0.3 is 9.26 Å². The zero-order valence-electron chi connectivity index (χ0n) is 8.74. The molecule has 0 aliphatic carbocycles. The second kappa shape index (κ2) is 4.67. The molecule has 2 aromatic rings. The Kier molecular flexibility index (Phi) is 3.23. The number of hydrogen-bond acceptors (Lipinski definition) is 4. The van der Waals surface area contributed by atoms with Crippen LogP contribution in [0.5, 0.6) is 0 Å². The van der Waals surface area contributed by atoms with Gasteiger partial charge in [0.25, 0.3) is 0 Å². The van der Waals surface area contributed by atoms with Gasteiger partial charge in [0.05, 0.1) is 11.6 Å². The summed E-state index contributed by atoms with van der Waals surface area (Å²) in [4.78, 5) is 11.2. The number of aromatic nitrogens is 1. The molecule has 1 aromatic carbocycles. The van der Waals surface area contributed by atoms with Gasteiger partial charge in [0.1, 0.15) is 5.82 Å². The Labute approximate surface area is 104 Å². The quantitative estimate of drug-likeness (QED) is 0.800. The van der Waals surface area contributed by atoms with Gasteiger partial charge >= 0.3 is 5.97 Å². The van der Waals surface area contributed by atoms with Gasteiger partial charge in [-0.15, -0.1) is 0 Å².